The number of carbonyl (C=O) groups is 1. The van der Waals surface area contributed by atoms with Gasteiger partial charge in [0.25, 0.3) is 0 Å². The number of para-hydroxylation sites is 1. The number of nitrogens with zero attached hydrogens (tertiary/aromatic N) is 1. The number of aryl methyl sites for hydroxylation is 1. The largest absolute Gasteiger partial charge is 0.473 e. The monoisotopic (exact) mass is 223 g/mol. The van der Waals surface area contributed by atoms with E-state index in [2.05, 4.69) is 0 Å². The topological polar surface area (TPSA) is 69.4 Å². The molecule has 5 nitrogen and oxygen atoms in total. The highest BCUT2D eigenvalue weighted by Gasteiger charge is 2.25. The molecular formula is C11H13NO4. The van der Waals surface area contributed by atoms with Crippen molar-refractivity contribution in [3.63, 3.8) is 0 Å². The van der Waals surface area contributed by atoms with Crippen LogP contribution in [0.3, 0.4) is 0 Å². The summed E-state index contributed by atoms with van der Waals surface area (Å²) in [6.45, 7) is 4.80. The third-order valence-corrected chi connectivity index (χ3v) is 2.04. The molecule has 1 aromatic carbocycles. The average Bonchev–Trinajstić information content (AvgIpc) is 2.20. The van der Waals surface area contributed by atoms with E-state index in [9.17, 15) is 14.9 Å². The van der Waals surface area contributed by atoms with E-state index in [0.717, 1.165) is 0 Å². The summed E-state index contributed by atoms with van der Waals surface area (Å²) in [6.07, 6.45) is 0.614. The van der Waals surface area contributed by atoms with Crippen molar-refractivity contribution in [2.75, 3.05) is 0 Å². The molecule has 0 saturated carbocycles. The molecule has 0 bridgehead atoms. The lowest BCUT2D eigenvalue weighted by Crippen LogP contribution is -2.30. The molecule has 0 atom stereocenters. The predicted octanol–water partition coefficient (Wildman–Crippen LogP) is 2.26. The highest BCUT2D eigenvalue weighted by atomic mass is 16.6. The summed E-state index contributed by atoms with van der Waals surface area (Å²) < 4.78 is 5.36. The van der Waals surface area contributed by atoms with Gasteiger partial charge in [-0.3, -0.25) is 14.9 Å². The van der Waals surface area contributed by atoms with E-state index >= 15 is 0 Å². The fourth-order valence-corrected chi connectivity index (χ4v) is 1.20. The number of hydrogen-bond acceptors (Lipinski definition) is 4. The molecule has 1 rings (SSSR count). The Bertz CT molecular complexity index is 426. The number of nitro benzene ring substituents is 1. The molecule has 0 radical (unpaired) electrons. The van der Waals surface area contributed by atoms with Crippen molar-refractivity contribution < 1.29 is 14.5 Å². The van der Waals surface area contributed by atoms with Crippen LogP contribution in [-0.4, -0.2) is 16.8 Å². The van der Waals surface area contributed by atoms with Crippen LogP contribution in [-0.2, 0) is 4.79 Å². The Morgan fingerprint density at radius 2 is 2.06 bits per heavy atom. The lowest BCUT2D eigenvalue weighted by atomic mass is 10.1. The Kier molecular flexibility index (Phi) is 3.27. The molecule has 0 aromatic heterocycles. The Hall–Kier alpha value is -1.91. The van der Waals surface area contributed by atoms with E-state index in [0.29, 0.717) is 11.8 Å². The number of nitro groups is 1. The van der Waals surface area contributed by atoms with Crippen molar-refractivity contribution in [2.45, 2.75) is 26.4 Å². The summed E-state index contributed by atoms with van der Waals surface area (Å²) in [5.41, 5.74) is -0.573. The normalized spacial score (nSPS) is 10.9. The van der Waals surface area contributed by atoms with Crippen molar-refractivity contribution in [1.29, 1.82) is 0 Å². The standard InChI is InChI=1S/C11H13NO4/c1-8-5-4-6-9(12(14)15)10(8)16-11(2,3)7-13/h4-7H,1-3H3. The van der Waals surface area contributed by atoms with Gasteiger partial charge in [-0.1, -0.05) is 12.1 Å². The third kappa shape index (κ3) is 2.56. The number of hydrogen-bond donors (Lipinski definition) is 0. The summed E-state index contributed by atoms with van der Waals surface area (Å²) >= 11 is 0. The molecule has 1 aromatic rings. The maximum Gasteiger partial charge on any atom is 0.311 e. The summed E-state index contributed by atoms with van der Waals surface area (Å²) in [4.78, 5) is 21.0. The first-order chi connectivity index (χ1) is 7.37. The lowest BCUT2D eigenvalue weighted by Gasteiger charge is -2.20. The van der Waals surface area contributed by atoms with Gasteiger partial charge in [0.15, 0.2) is 11.9 Å². The first-order valence-electron chi connectivity index (χ1n) is 4.77. The van der Waals surface area contributed by atoms with Crippen molar-refractivity contribution in [1.82, 2.24) is 0 Å². The molecule has 0 saturated heterocycles. The summed E-state index contributed by atoms with van der Waals surface area (Å²) in [7, 11) is 0. The second-order valence-corrected chi connectivity index (χ2v) is 4.00. The van der Waals surface area contributed by atoms with Crippen LogP contribution in [0, 0.1) is 17.0 Å². The van der Waals surface area contributed by atoms with Crippen LogP contribution in [0.4, 0.5) is 5.69 Å². The maximum atomic E-state index is 10.8. The molecule has 0 aliphatic heterocycles. The van der Waals surface area contributed by atoms with Crippen LogP contribution in [0.15, 0.2) is 18.2 Å². The number of rotatable bonds is 4. The molecular weight excluding hydrogens is 210 g/mol. The minimum absolute atomic E-state index is 0.130. The second kappa shape index (κ2) is 4.30. The molecule has 0 aliphatic carbocycles. The summed E-state index contributed by atoms with van der Waals surface area (Å²) in [6, 6.07) is 4.63. The smallest absolute Gasteiger partial charge is 0.311 e. The van der Waals surface area contributed by atoms with E-state index in [4.69, 9.17) is 4.74 Å². The van der Waals surface area contributed by atoms with Gasteiger partial charge in [-0.2, -0.15) is 0 Å². The molecule has 86 valence electrons. The van der Waals surface area contributed by atoms with E-state index in [1.54, 1.807) is 32.9 Å². The van der Waals surface area contributed by atoms with Crippen LogP contribution in [0.5, 0.6) is 5.75 Å². The van der Waals surface area contributed by atoms with E-state index in [-0.39, 0.29) is 11.4 Å². The van der Waals surface area contributed by atoms with Gasteiger partial charge in [-0.15, -0.1) is 0 Å². The van der Waals surface area contributed by atoms with Gasteiger partial charge in [0.2, 0.25) is 5.75 Å². The Balaban J connectivity index is 3.21. The van der Waals surface area contributed by atoms with Gasteiger partial charge < -0.3 is 4.74 Å². The predicted molar refractivity (Wildman–Crippen MR) is 58.6 cm³/mol. The van der Waals surface area contributed by atoms with Crippen molar-refractivity contribution in [2.24, 2.45) is 0 Å². The quantitative estimate of drug-likeness (QED) is 0.446. The zero-order valence-electron chi connectivity index (χ0n) is 9.39. The van der Waals surface area contributed by atoms with Gasteiger partial charge in [-0.05, 0) is 26.3 Å². The van der Waals surface area contributed by atoms with Gasteiger partial charge in [-0.25, -0.2) is 0 Å². The first kappa shape index (κ1) is 12.2. The summed E-state index contributed by atoms with van der Waals surface area (Å²) in [5.74, 6) is 0.143. The average molecular weight is 223 g/mol. The molecule has 0 aliphatic rings. The van der Waals surface area contributed by atoms with Gasteiger partial charge >= 0.3 is 5.69 Å². The van der Waals surface area contributed by atoms with Crippen molar-refractivity contribution in [3.8, 4) is 5.75 Å². The van der Waals surface area contributed by atoms with Crippen molar-refractivity contribution in [3.05, 3.63) is 33.9 Å². The minimum atomic E-state index is -1.07. The first-order valence-corrected chi connectivity index (χ1v) is 4.77. The zero-order valence-corrected chi connectivity index (χ0v) is 9.39. The number of ether oxygens (including phenoxy) is 1. The number of aldehydes is 1. The Labute approximate surface area is 93.2 Å². The highest BCUT2D eigenvalue weighted by Crippen LogP contribution is 2.32. The van der Waals surface area contributed by atoms with Crippen LogP contribution in [0.25, 0.3) is 0 Å². The highest BCUT2D eigenvalue weighted by molar-refractivity contribution is 5.63. The van der Waals surface area contributed by atoms with Gasteiger partial charge in [0.05, 0.1) is 4.92 Å². The molecule has 0 N–H and O–H groups in total. The molecule has 5 heteroatoms. The molecule has 0 heterocycles. The molecule has 0 spiro atoms. The zero-order chi connectivity index (χ0) is 12.3. The van der Waals surface area contributed by atoms with E-state index in [1.807, 2.05) is 0 Å². The Morgan fingerprint density at radius 1 is 1.44 bits per heavy atom. The molecule has 0 unspecified atom stereocenters. The molecule has 0 amide bonds. The second-order valence-electron chi connectivity index (χ2n) is 4.00. The number of carbonyl (C=O) groups excluding carboxylic acids is 1. The minimum Gasteiger partial charge on any atom is -0.473 e. The van der Waals surface area contributed by atoms with Gasteiger partial charge in [0.1, 0.15) is 0 Å². The van der Waals surface area contributed by atoms with Crippen LogP contribution >= 0.6 is 0 Å². The third-order valence-electron chi connectivity index (χ3n) is 2.04. The van der Waals surface area contributed by atoms with Crippen LogP contribution in [0.2, 0.25) is 0 Å². The molecule has 16 heavy (non-hydrogen) atoms. The van der Waals surface area contributed by atoms with Crippen LogP contribution in [0.1, 0.15) is 19.4 Å². The van der Waals surface area contributed by atoms with E-state index in [1.165, 1.54) is 6.07 Å². The van der Waals surface area contributed by atoms with E-state index < -0.39 is 10.5 Å². The van der Waals surface area contributed by atoms with Crippen LogP contribution < -0.4 is 4.74 Å². The fraction of sp³-hybridized carbons (Fsp3) is 0.364. The maximum absolute atomic E-state index is 10.8. The SMILES string of the molecule is Cc1cccc([N+](=O)[O-])c1OC(C)(C)C=O. The summed E-state index contributed by atoms with van der Waals surface area (Å²) in [5, 5.41) is 10.8. The fourth-order valence-electron chi connectivity index (χ4n) is 1.20. The van der Waals surface area contributed by atoms with Crippen molar-refractivity contribution >= 4 is 12.0 Å². The Morgan fingerprint density at radius 3 is 2.56 bits per heavy atom. The van der Waals surface area contributed by atoms with Gasteiger partial charge in [0, 0.05) is 6.07 Å². The molecule has 0 fully saturated rings. The number of benzene rings is 1. The lowest BCUT2D eigenvalue weighted by molar-refractivity contribution is -0.386.